The Morgan fingerprint density at radius 1 is 1.22 bits per heavy atom. The predicted molar refractivity (Wildman–Crippen MR) is 78.0 cm³/mol. The summed E-state index contributed by atoms with van der Waals surface area (Å²) in [6.45, 7) is 5.08. The number of hydrogen-bond acceptors (Lipinski definition) is 2. The fraction of sp³-hybridized carbons (Fsp3) is 0.333. The first-order valence-corrected chi connectivity index (χ1v) is 6.63. The summed E-state index contributed by atoms with van der Waals surface area (Å²) in [5.74, 6) is 2.05. The van der Waals surface area contributed by atoms with Crippen LogP contribution in [0.4, 0.5) is 0 Å². The first-order valence-electron chi connectivity index (χ1n) is 6.63. The molecule has 0 spiro atoms. The molecule has 3 heteroatoms. The molecule has 0 saturated heterocycles. The summed E-state index contributed by atoms with van der Waals surface area (Å²) in [6.07, 6.45) is 6.42. The van der Waals surface area contributed by atoms with Crippen molar-refractivity contribution < 1.29 is 4.65 Å². The Kier molecular flexibility index (Phi) is 4.65. The molecule has 0 fully saturated rings. The van der Waals surface area contributed by atoms with Crippen LogP contribution in [-0.2, 0) is 4.65 Å². The molecule has 0 aliphatic carbocycles. The maximum absolute atomic E-state index is 5.76. The molecule has 0 saturated carbocycles. The van der Waals surface area contributed by atoms with Crippen LogP contribution in [0.1, 0.15) is 30.9 Å². The molecule has 0 atom stereocenters. The number of nitrogens with one attached hydrogen (secondary N) is 1. The third kappa shape index (κ3) is 3.51. The third-order valence-electron chi connectivity index (χ3n) is 3.00. The summed E-state index contributed by atoms with van der Waals surface area (Å²) >= 11 is 0. The van der Waals surface area contributed by atoms with Gasteiger partial charge >= 0.3 is 7.05 Å². The van der Waals surface area contributed by atoms with E-state index >= 15 is 0 Å². The molecule has 1 aliphatic rings. The second-order valence-electron chi connectivity index (χ2n) is 4.62. The van der Waals surface area contributed by atoms with Crippen LogP contribution in [-0.4, -0.2) is 13.7 Å². The van der Waals surface area contributed by atoms with Crippen molar-refractivity contribution in [2.24, 2.45) is 0 Å². The number of aryl methyl sites for hydroxylation is 1. The van der Waals surface area contributed by atoms with Gasteiger partial charge in [-0.05, 0) is 25.0 Å². The molecule has 94 valence electrons. The molecule has 1 aromatic rings. The Balaban J connectivity index is 1.96. The van der Waals surface area contributed by atoms with Crippen molar-refractivity contribution in [3.05, 3.63) is 53.5 Å². The van der Waals surface area contributed by atoms with Crippen molar-refractivity contribution >= 4 is 12.7 Å². The van der Waals surface area contributed by atoms with Crippen LogP contribution in [0.25, 0.3) is 5.70 Å². The summed E-state index contributed by atoms with van der Waals surface area (Å²) in [7, 11) is -0.00199. The molecule has 1 aliphatic heterocycles. The molecule has 0 radical (unpaired) electrons. The van der Waals surface area contributed by atoms with Crippen LogP contribution in [0, 0.1) is 6.92 Å². The number of hydrogen-bond donors (Lipinski definition) is 1. The highest BCUT2D eigenvalue weighted by atomic mass is 16.4. The lowest BCUT2D eigenvalue weighted by Crippen LogP contribution is -2.36. The second-order valence-corrected chi connectivity index (χ2v) is 4.62. The zero-order chi connectivity index (χ0) is 12.8. The van der Waals surface area contributed by atoms with E-state index in [9.17, 15) is 0 Å². The minimum Gasteiger partial charge on any atom is -0.413 e. The van der Waals surface area contributed by atoms with Gasteiger partial charge in [-0.15, -0.1) is 0 Å². The van der Waals surface area contributed by atoms with Gasteiger partial charge in [0.25, 0.3) is 0 Å². The van der Waals surface area contributed by atoms with Crippen LogP contribution < -0.4 is 5.23 Å². The minimum absolute atomic E-state index is 0.00199. The molecular formula is C15H20BNO. The van der Waals surface area contributed by atoms with Crippen molar-refractivity contribution in [1.29, 1.82) is 0 Å². The largest absolute Gasteiger partial charge is 0.441 e. The lowest BCUT2D eigenvalue weighted by molar-refractivity contribution is 0.313. The van der Waals surface area contributed by atoms with Gasteiger partial charge in [-0.2, -0.15) is 0 Å². The number of benzene rings is 1. The van der Waals surface area contributed by atoms with Crippen LogP contribution in [0.2, 0.25) is 0 Å². The third-order valence-corrected chi connectivity index (χ3v) is 3.00. The van der Waals surface area contributed by atoms with Gasteiger partial charge in [0.2, 0.25) is 0 Å². The molecular weight excluding hydrogens is 221 g/mol. The van der Waals surface area contributed by atoms with Crippen molar-refractivity contribution in [2.45, 2.75) is 26.7 Å². The number of rotatable bonds is 5. The zero-order valence-corrected chi connectivity index (χ0v) is 11.1. The molecule has 2 nitrogen and oxygen atoms in total. The van der Waals surface area contributed by atoms with Crippen LogP contribution in [0.3, 0.4) is 0 Å². The average molecular weight is 241 g/mol. The van der Waals surface area contributed by atoms with E-state index in [4.69, 9.17) is 4.65 Å². The predicted octanol–water partition coefficient (Wildman–Crippen LogP) is 3.34. The van der Waals surface area contributed by atoms with E-state index in [-0.39, 0.29) is 7.05 Å². The highest BCUT2D eigenvalue weighted by Gasteiger charge is 2.17. The summed E-state index contributed by atoms with van der Waals surface area (Å²) < 4.78 is 5.76. The Morgan fingerprint density at radius 2 is 2.00 bits per heavy atom. The number of unbranched alkanes of at least 4 members (excludes halogenated alkanes) is 1. The van der Waals surface area contributed by atoms with Gasteiger partial charge in [-0.3, -0.25) is 0 Å². The molecule has 1 aromatic carbocycles. The molecule has 18 heavy (non-hydrogen) atoms. The lowest BCUT2D eigenvalue weighted by Gasteiger charge is -2.19. The van der Waals surface area contributed by atoms with Gasteiger partial charge in [0.15, 0.2) is 0 Å². The van der Waals surface area contributed by atoms with E-state index in [1.807, 2.05) is 5.98 Å². The zero-order valence-electron chi connectivity index (χ0n) is 11.1. The maximum Gasteiger partial charge on any atom is 0.441 e. The van der Waals surface area contributed by atoms with Gasteiger partial charge in [0.05, 0.1) is 0 Å². The SMILES string of the molecule is CCCCOB1C=CC=C(c2ccc(C)cc2)N1. The van der Waals surface area contributed by atoms with Crippen LogP contribution >= 0.6 is 0 Å². The lowest BCUT2D eigenvalue weighted by atomic mass is 9.79. The van der Waals surface area contributed by atoms with Gasteiger partial charge in [-0.25, -0.2) is 0 Å². The van der Waals surface area contributed by atoms with Gasteiger partial charge in [0.1, 0.15) is 0 Å². The first-order chi connectivity index (χ1) is 8.79. The smallest absolute Gasteiger partial charge is 0.413 e. The van der Waals surface area contributed by atoms with E-state index < -0.39 is 0 Å². The van der Waals surface area contributed by atoms with Crippen molar-refractivity contribution in [3.8, 4) is 0 Å². The fourth-order valence-electron chi connectivity index (χ4n) is 1.87. The Hall–Kier alpha value is -1.48. The molecule has 1 heterocycles. The van der Waals surface area contributed by atoms with Gasteiger partial charge in [-0.1, -0.05) is 55.2 Å². The molecule has 0 unspecified atom stereocenters. The van der Waals surface area contributed by atoms with E-state index in [1.54, 1.807) is 0 Å². The molecule has 1 N–H and O–H groups in total. The van der Waals surface area contributed by atoms with E-state index in [1.165, 1.54) is 11.1 Å². The van der Waals surface area contributed by atoms with Crippen molar-refractivity contribution in [3.63, 3.8) is 0 Å². The van der Waals surface area contributed by atoms with E-state index in [0.29, 0.717) is 0 Å². The minimum atomic E-state index is -0.00199. The average Bonchev–Trinajstić information content (AvgIpc) is 2.40. The topological polar surface area (TPSA) is 21.3 Å². The number of allylic oxidation sites excluding steroid dienone is 2. The fourth-order valence-corrected chi connectivity index (χ4v) is 1.87. The first kappa shape index (κ1) is 13.0. The highest BCUT2D eigenvalue weighted by molar-refractivity contribution is 6.57. The highest BCUT2D eigenvalue weighted by Crippen LogP contribution is 2.15. The molecule has 0 bridgehead atoms. The van der Waals surface area contributed by atoms with Gasteiger partial charge < -0.3 is 9.88 Å². The molecule has 0 aromatic heterocycles. The molecule has 2 rings (SSSR count). The van der Waals surface area contributed by atoms with Crippen LogP contribution in [0.15, 0.2) is 42.4 Å². The second kappa shape index (κ2) is 6.46. The normalized spacial score (nSPS) is 14.3. The summed E-state index contributed by atoms with van der Waals surface area (Å²) in [6, 6.07) is 8.53. The Bertz CT molecular complexity index is 436. The van der Waals surface area contributed by atoms with E-state index in [0.717, 1.165) is 25.1 Å². The Labute approximate surface area is 110 Å². The summed E-state index contributed by atoms with van der Waals surface area (Å²) in [5, 5.41) is 3.40. The Morgan fingerprint density at radius 3 is 2.72 bits per heavy atom. The maximum atomic E-state index is 5.76. The monoisotopic (exact) mass is 241 g/mol. The van der Waals surface area contributed by atoms with E-state index in [2.05, 4.69) is 55.5 Å². The summed E-state index contributed by atoms with van der Waals surface area (Å²) in [5.41, 5.74) is 3.61. The van der Waals surface area contributed by atoms with Crippen LogP contribution in [0.5, 0.6) is 0 Å². The molecule has 0 amide bonds. The summed E-state index contributed by atoms with van der Waals surface area (Å²) in [4.78, 5) is 0. The van der Waals surface area contributed by atoms with Crippen molar-refractivity contribution in [2.75, 3.05) is 6.61 Å². The van der Waals surface area contributed by atoms with Gasteiger partial charge in [0, 0.05) is 12.3 Å². The van der Waals surface area contributed by atoms with Crippen molar-refractivity contribution in [1.82, 2.24) is 5.23 Å². The standard InChI is InChI=1S/C15H20BNO/c1-3-4-12-18-16-11-5-6-15(17-16)14-9-7-13(2)8-10-14/h5-11,17H,3-4,12H2,1-2H3. The quantitative estimate of drug-likeness (QED) is 0.630.